The molecule has 130 valence electrons. The summed E-state index contributed by atoms with van der Waals surface area (Å²) in [5.41, 5.74) is 0.863. The standard InChI is InChI=1S/C17H14F3N3O2/c1-25-12-6-4-5-11(9-12)21-15(24)10-23-14-8-3-2-7-13(14)22-16(23)17(18,19)20/h2-9H,10H2,1H3,(H,21,24). The van der Waals surface area contributed by atoms with Gasteiger partial charge in [-0.2, -0.15) is 13.2 Å². The van der Waals surface area contributed by atoms with Crippen molar-refractivity contribution in [3.63, 3.8) is 0 Å². The van der Waals surface area contributed by atoms with Crippen molar-refractivity contribution in [1.29, 1.82) is 0 Å². The van der Waals surface area contributed by atoms with Crippen molar-refractivity contribution in [3.05, 3.63) is 54.4 Å². The number of methoxy groups -OCH3 is 1. The molecule has 1 heterocycles. The van der Waals surface area contributed by atoms with Crippen LogP contribution in [-0.2, 0) is 17.5 Å². The number of carbonyl (C=O) groups excluding carboxylic acids is 1. The van der Waals surface area contributed by atoms with Crippen LogP contribution in [0.2, 0.25) is 0 Å². The van der Waals surface area contributed by atoms with Crippen LogP contribution in [0.3, 0.4) is 0 Å². The summed E-state index contributed by atoms with van der Waals surface area (Å²) in [4.78, 5) is 15.8. The topological polar surface area (TPSA) is 56.1 Å². The number of alkyl halides is 3. The van der Waals surface area contributed by atoms with Gasteiger partial charge in [-0.25, -0.2) is 4.98 Å². The first kappa shape index (κ1) is 16.8. The number of benzene rings is 2. The number of hydrogen-bond donors (Lipinski definition) is 1. The average Bonchev–Trinajstić information content (AvgIpc) is 2.94. The first-order valence-electron chi connectivity index (χ1n) is 7.35. The average molecular weight is 349 g/mol. The second-order valence-corrected chi connectivity index (χ2v) is 5.29. The normalized spacial score (nSPS) is 11.5. The number of hydrogen-bond acceptors (Lipinski definition) is 3. The number of fused-ring (bicyclic) bond motifs is 1. The number of amides is 1. The van der Waals surface area contributed by atoms with Gasteiger partial charge < -0.3 is 14.6 Å². The van der Waals surface area contributed by atoms with Gasteiger partial charge in [0.15, 0.2) is 0 Å². The molecule has 0 aliphatic rings. The number of rotatable bonds is 4. The smallest absolute Gasteiger partial charge is 0.449 e. The van der Waals surface area contributed by atoms with Gasteiger partial charge in [-0.1, -0.05) is 18.2 Å². The van der Waals surface area contributed by atoms with Crippen molar-refractivity contribution in [2.24, 2.45) is 0 Å². The van der Waals surface area contributed by atoms with Gasteiger partial charge in [0.05, 0.1) is 18.1 Å². The second-order valence-electron chi connectivity index (χ2n) is 5.29. The van der Waals surface area contributed by atoms with Gasteiger partial charge in [-0.3, -0.25) is 4.79 Å². The monoisotopic (exact) mass is 349 g/mol. The van der Waals surface area contributed by atoms with E-state index in [1.54, 1.807) is 36.4 Å². The van der Waals surface area contributed by atoms with Crippen LogP contribution in [0.4, 0.5) is 18.9 Å². The number of halogens is 3. The fraction of sp³-hybridized carbons (Fsp3) is 0.176. The number of aromatic nitrogens is 2. The molecule has 1 N–H and O–H groups in total. The molecule has 1 aromatic heterocycles. The summed E-state index contributed by atoms with van der Waals surface area (Å²) >= 11 is 0. The van der Waals surface area contributed by atoms with Crippen LogP contribution >= 0.6 is 0 Å². The third-order valence-corrected chi connectivity index (χ3v) is 3.56. The molecule has 8 heteroatoms. The lowest BCUT2D eigenvalue weighted by Crippen LogP contribution is -2.23. The zero-order valence-electron chi connectivity index (χ0n) is 13.2. The Morgan fingerprint density at radius 2 is 1.96 bits per heavy atom. The highest BCUT2D eigenvalue weighted by molar-refractivity contribution is 5.92. The van der Waals surface area contributed by atoms with E-state index in [4.69, 9.17) is 4.74 Å². The predicted molar refractivity (Wildman–Crippen MR) is 86.4 cm³/mol. The number of nitrogens with zero attached hydrogens (tertiary/aromatic N) is 2. The second kappa shape index (κ2) is 6.46. The summed E-state index contributed by atoms with van der Waals surface area (Å²) in [6.45, 7) is -0.507. The van der Waals surface area contributed by atoms with E-state index in [2.05, 4.69) is 10.3 Å². The third-order valence-electron chi connectivity index (χ3n) is 3.56. The molecule has 0 fully saturated rings. The molecule has 25 heavy (non-hydrogen) atoms. The summed E-state index contributed by atoms with van der Waals surface area (Å²) in [5.74, 6) is -1.17. The molecule has 0 radical (unpaired) electrons. The van der Waals surface area contributed by atoms with Crippen LogP contribution in [-0.4, -0.2) is 22.6 Å². The molecule has 0 saturated carbocycles. The van der Waals surface area contributed by atoms with Gasteiger partial charge in [0.2, 0.25) is 11.7 Å². The minimum absolute atomic E-state index is 0.184. The Morgan fingerprint density at radius 3 is 2.68 bits per heavy atom. The third kappa shape index (κ3) is 3.57. The van der Waals surface area contributed by atoms with Gasteiger partial charge in [0.25, 0.3) is 0 Å². The Bertz CT molecular complexity index is 919. The number of anilines is 1. The van der Waals surface area contributed by atoms with Crippen molar-refractivity contribution in [3.8, 4) is 5.75 Å². The van der Waals surface area contributed by atoms with E-state index in [-0.39, 0.29) is 11.0 Å². The lowest BCUT2D eigenvalue weighted by atomic mass is 10.3. The van der Waals surface area contributed by atoms with E-state index in [0.29, 0.717) is 11.4 Å². The summed E-state index contributed by atoms with van der Waals surface area (Å²) in [6, 6.07) is 12.7. The molecule has 0 saturated heterocycles. The zero-order chi connectivity index (χ0) is 18.0. The number of carbonyl (C=O) groups is 1. The van der Waals surface area contributed by atoms with E-state index in [0.717, 1.165) is 4.57 Å². The molecule has 0 aliphatic carbocycles. The highest BCUT2D eigenvalue weighted by atomic mass is 19.4. The maximum atomic E-state index is 13.2. The number of ether oxygens (including phenoxy) is 1. The maximum absolute atomic E-state index is 13.2. The highest BCUT2D eigenvalue weighted by Gasteiger charge is 2.37. The summed E-state index contributed by atoms with van der Waals surface area (Å²) < 4.78 is 45.6. The fourth-order valence-corrected chi connectivity index (χ4v) is 2.50. The van der Waals surface area contributed by atoms with E-state index in [1.165, 1.54) is 19.2 Å². The quantitative estimate of drug-likeness (QED) is 0.781. The van der Waals surface area contributed by atoms with E-state index in [9.17, 15) is 18.0 Å². The summed E-state index contributed by atoms with van der Waals surface area (Å²) in [6.07, 6.45) is -4.66. The predicted octanol–water partition coefficient (Wildman–Crippen LogP) is 3.70. The van der Waals surface area contributed by atoms with Crippen molar-refractivity contribution < 1.29 is 22.7 Å². The molecule has 1 amide bonds. The van der Waals surface area contributed by atoms with Crippen molar-refractivity contribution >= 4 is 22.6 Å². The van der Waals surface area contributed by atoms with Gasteiger partial charge in [0, 0.05) is 11.8 Å². The largest absolute Gasteiger partial charge is 0.497 e. The van der Waals surface area contributed by atoms with Crippen LogP contribution < -0.4 is 10.1 Å². The highest BCUT2D eigenvalue weighted by Crippen LogP contribution is 2.31. The van der Waals surface area contributed by atoms with Crippen LogP contribution in [0.15, 0.2) is 48.5 Å². The minimum atomic E-state index is -4.66. The van der Waals surface area contributed by atoms with E-state index >= 15 is 0 Å². The zero-order valence-corrected chi connectivity index (χ0v) is 13.2. The fourth-order valence-electron chi connectivity index (χ4n) is 2.50. The molecular weight excluding hydrogens is 335 g/mol. The summed E-state index contributed by atoms with van der Waals surface area (Å²) in [7, 11) is 1.48. The first-order chi connectivity index (χ1) is 11.9. The number of imidazole rings is 1. The minimum Gasteiger partial charge on any atom is -0.497 e. The maximum Gasteiger partial charge on any atom is 0.449 e. The Balaban J connectivity index is 1.90. The molecule has 2 aromatic carbocycles. The van der Waals surface area contributed by atoms with Crippen LogP contribution in [0.25, 0.3) is 11.0 Å². The molecule has 3 aromatic rings. The molecule has 0 bridgehead atoms. The number of para-hydroxylation sites is 2. The molecule has 0 atom stereocenters. The molecular formula is C17H14F3N3O2. The summed E-state index contributed by atoms with van der Waals surface area (Å²) in [5, 5.41) is 2.56. The molecule has 0 unspecified atom stereocenters. The van der Waals surface area contributed by atoms with E-state index < -0.39 is 24.5 Å². The Labute approximate surface area is 141 Å². The van der Waals surface area contributed by atoms with Crippen molar-refractivity contribution in [2.75, 3.05) is 12.4 Å². The van der Waals surface area contributed by atoms with E-state index in [1.807, 2.05) is 0 Å². The molecule has 0 spiro atoms. The van der Waals surface area contributed by atoms with Crippen LogP contribution in [0.5, 0.6) is 5.75 Å². The van der Waals surface area contributed by atoms with Gasteiger partial charge in [-0.15, -0.1) is 0 Å². The van der Waals surface area contributed by atoms with Gasteiger partial charge in [0.1, 0.15) is 12.3 Å². The lowest BCUT2D eigenvalue weighted by molar-refractivity contribution is -0.147. The lowest BCUT2D eigenvalue weighted by Gasteiger charge is -2.12. The Hall–Kier alpha value is -3.03. The molecule has 3 rings (SSSR count). The SMILES string of the molecule is COc1cccc(NC(=O)Cn2c(C(F)(F)F)nc3ccccc32)c1. The van der Waals surface area contributed by atoms with Crippen LogP contribution in [0.1, 0.15) is 5.82 Å². The Morgan fingerprint density at radius 1 is 1.20 bits per heavy atom. The van der Waals surface area contributed by atoms with Crippen molar-refractivity contribution in [2.45, 2.75) is 12.7 Å². The first-order valence-corrected chi connectivity index (χ1v) is 7.35. The van der Waals surface area contributed by atoms with Crippen LogP contribution in [0, 0.1) is 0 Å². The molecule has 5 nitrogen and oxygen atoms in total. The molecule has 0 aliphatic heterocycles. The van der Waals surface area contributed by atoms with Gasteiger partial charge >= 0.3 is 6.18 Å². The van der Waals surface area contributed by atoms with Crippen molar-refractivity contribution in [1.82, 2.24) is 9.55 Å². The number of nitrogens with one attached hydrogen (secondary N) is 1. The van der Waals surface area contributed by atoms with Gasteiger partial charge in [-0.05, 0) is 24.3 Å². The Kier molecular flexibility index (Phi) is 4.35.